The summed E-state index contributed by atoms with van der Waals surface area (Å²) in [5.74, 6) is -5.09. The van der Waals surface area contributed by atoms with Gasteiger partial charge in [0.25, 0.3) is 0 Å². The molecule has 1 atom stereocenters. The summed E-state index contributed by atoms with van der Waals surface area (Å²) in [6.07, 6.45) is 3.34. The maximum Gasteiger partial charge on any atom is 0.337 e. The summed E-state index contributed by atoms with van der Waals surface area (Å²) < 4.78 is 5.24. The van der Waals surface area contributed by atoms with Crippen molar-refractivity contribution in [3.8, 4) is 5.75 Å². The van der Waals surface area contributed by atoms with Gasteiger partial charge in [0.15, 0.2) is 0 Å². The lowest BCUT2D eigenvalue weighted by molar-refractivity contribution is -0.145. The molecule has 1 aromatic carbocycles. The highest BCUT2D eigenvalue weighted by Crippen LogP contribution is 2.43. The molecule has 3 N–H and O–H groups in total. The van der Waals surface area contributed by atoms with Crippen LogP contribution in [0, 0.1) is 5.41 Å². The molecule has 0 amide bonds. The Bertz CT molecular complexity index is 909. The molecule has 1 unspecified atom stereocenters. The van der Waals surface area contributed by atoms with Gasteiger partial charge in [0, 0.05) is 17.2 Å². The van der Waals surface area contributed by atoms with Crippen LogP contribution in [0.15, 0.2) is 18.7 Å². The SMILES string of the molecule is C=CC(=O)Oc1c2c(c(C(=O)O)c(C(=O)O)c1CC)C=CC(C)(C(=O)O)C2. The molecule has 0 aliphatic heterocycles. The van der Waals surface area contributed by atoms with E-state index in [0.29, 0.717) is 0 Å². The van der Waals surface area contributed by atoms with Crippen molar-refractivity contribution < 1.29 is 39.2 Å². The van der Waals surface area contributed by atoms with Gasteiger partial charge in [-0.15, -0.1) is 0 Å². The second kappa shape index (κ2) is 7.06. The summed E-state index contributed by atoms with van der Waals surface area (Å²) in [6.45, 7) is 6.31. The van der Waals surface area contributed by atoms with Crippen LogP contribution in [0.3, 0.4) is 0 Å². The standard InChI is InChI=1S/C19H18O8/c1-4-9-13(16(21)22)14(17(23)24)10-6-7-19(3,18(25)26)8-11(10)15(9)27-12(20)5-2/h5-7H,2,4,8H2,1,3H3,(H,21,22)(H,23,24)(H,25,26). The smallest absolute Gasteiger partial charge is 0.337 e. The third-order valence-electron chi connectivity index (χ3n) is 4.50. The average Bonchev–Trinajstić information content (AvgIpc) is 2.60. The van der Waals surface area contributed by atoms with Crippen LogP contribution >= 0.6 is 0 Å². The number of rotatable bonds is 6. The number of benzene rings is 1. The number of ether oxygens (including phenoxy) is 1. The number of aliphatic carboxylic acids is 1. The van der Waals surface area contributed by atoms with Gasteiger partial charge in [0.05, 0.1) is 16.5 Å². The lowest BCUT2D eigenvalue weighted by atomic mass is 9.74. The van der Waals surface area contributed by atoms with Gasteiger partial charge in [-0.1, -0.05) is 25.7 Å². The first kappa shape index (κ1) is 19.9. The van der Waals surface area contributed by atoms with Crippen molar-refractivity contribution in [3.05, 3.63) is 46.5 Å². The van der Waals surface area contributed by atoms with Crippen molar-refractivity contribution in [1.29, 1.82) is 0 Å². The van der Waals surface area contributed by atoms with Gasteiger partial charge in [-0.3, -0.25) is 4.79 Å². The Balaban J connectivity index is 2.98. The summed E-state index contributed by atoms with van der Waals surface area (Å²) in [5.41, 5.74) is -2.12. The van der Waals surface area contributed by atoms with Gasteiger partial charge in [0.2, 0.25) is 0 Å². The summed E-state index contributed by atoms with van der Waals surface area (Å²) in [7, 11) is 0. The quantitative estimate of drug-likeness (QED) is 0.392. The largest absolute Gasteiger partial charge is 0.481 e. The van der Waals surface area contributed by atoms with Crippen LogP contribution in [-0.2, 0) is 22.4 Å². The predicted octanol–water partition coefficient (Wildman–Crippen LogP) is 2.40. The van der Waals surface area contributed by atoms with Crippen molar-refractivity contribution >= 4 is 30.0 Å². The molecule has 0 bridgehead atoms. The number of carboxylic acid groups (broad SMARTS) is 3. The van der Waals surface area contributed by atoms with E-state index in [2.05, 4.69) is 6.58 Å². The lowest BCUT2D eigenvalue weighted by Gasteiger charge is -2.30. The summed E-state index contributed by atoms with van der Waals surface area (Å²) in [5, 5.41) is 28.7. The van der Waals surface area contributed by atoms with Crippen LogP contribution < -0.4 is 4.74 Å². The molecule has 0 fully saturated rings. The van der Waals surface area contributed by atoms with E-state index in [1.807, 2.05) is 0 Å². The van der Waals surface area contributed by atoms with Crippen LogP contribution in [0.2, 0.25) is 0 Å². The molecule has 0 heterocycles. The number of aromatic carboxylic acids is 2. The fourth-order valence-corrected chi connectivity index (χ4v) is 3.12. The third kappa shape index (κ3) is 3.33. The average molecular weight is 374 g/mol. The molecule has 2 rings (SSSR count). The number of carbonyl (C=O) groups excluding carboxylic acids is 1. The molecule has 142 valence electrons. The zero-order valence-corrected chi connectivity index (χ0v) is 14.7. The topological polar surface area (TPSA) is 138 Å². The van der Waals surface area contributed by atoms with Crippen molar-refractivity contribution in [2.75, 3.05) is 0 Å². The Morgan fingerprint density at radius 2 is 1.78 bits per heavy atom. The van der Waals surface area contributed by atoms with Crippen LogP contribution in [0.25, 0.3) is 6.08 Å². The van der Waals surface area contributed by atoms with E-state index in [4.69, 9.17) is 4.74 Å². The molecule has 1 aliphatic carbocycles. The molecule has 27 heavy (non-hydrogen) atoms. The van der Waals surface area contributed by atoms with Crippen molar-refractivity contribution in [2.24, 2.45) is 5.41 Å². The van der Waals surface area contributed by atoms with Crippen LogP contribution in [0.1, 0.15) is 51.3 Å². The van der Waals surface area contributed by atoms with Crippen molar-refractivity contribution in [1.82, 2.24) is 0 Å². The fourth-order valence-electron chi connectivity index (χ4n) is 3.12. The second-order valence-corrected chi connectivity index (χ2v) is 6.27. The van der Waals surface area contributed by atoms with Gasteiger partial charge >= 0.3 is 23.9 Å². The molecular formula is C19H18O8. The first-order chi connectivity index (χ1) is 12.6. The van der Waals surface area contributed by atoms with E-state index in [9.17, 15) is 34.5 Å². The maximum absolute atomic E-state index is 11.8. The van der Waals surface area contributed by atoms with E-state index < -0.39 is 40.4 Å². The second-order valence-electron chi connectivity index (χ2n) is 6.27. The zero-order valence-electron chi connectivity index (χ0n) is 14.7. The fraction of sp³-hybridized carbons (Fsp3) is 0.263. The molecule has 1 aliphatic rings. The Kier molecular flexibility index (Phi) is 5.21. The first-order valence-electron chi connectivity index (χ1n) is 8.02. The minimum absolute atomic E-state index is 0.0110. The Hall–Kier alpha value is -3.42. The molecule has 0 spiro atoms. The van der Waals surface area contributed by atoms with Crippen LogP contribution in [-0.4, -0.2) is 39.2 Å². The van der Waals surface area contributed by atoms with Gasteiger partial charge in [-0.2, -0.15) is 0 Å². The van der Waals surface area contributed by atoms with Crippen molar-refractivity contribution in [2.45, 2.75) is 26.7 Å². The van der Waals surface area contributed by atoms with Gasteiger partial charge in [-0.05, 0) is 25.3 Å². The number of esters is 1. The van der Waals surface area contributed by atoms with Gasteiger partial charge < -0.3 is 20.1 Å². The minimum atomic E-state index is -1.48. The maximum atomic E-state index is 11.8. The summed E-state index contributed by atoms with van der Waals surface area (Å²) in [4.78, 5) is 47.0. The highest BCUT2D eigenvalue weighted by atomic mass is 16.5. The number of carboxylic acids is 3. The Morgan fingerprint density at radius 1 is 1.19 bits per heavy atom. The summed E-state index contributed by atoms with van der Waals surface area (Å²) in [6, 6.07) is 0. The molecule has 1 aromatic rings. The van der Waals surface area contributed by atoms with E-state index in [1.165, 1.54) is 19.1 Å². The minimum Gasteiger partial charge on any atom is -0.481 e. The first-order valence-corrected chi connectivity index (χ1v) is 8.02. The van der Waals surface area contributed by atoms with E-state index in [1.54, 1.807) is 6.92 Å². The van der Waals surface area contributed by atoms with Crippen molar-refractivity contribution in [3.63, 3.8) is 0 Å². The highest BCUT2D eigenvalue weighted by molar-refractivity contribution is 6.07. The number of carbonyl (C=O) groups is 4. The Morgan fingerprint density at radius 3 is 2.22 bits per heavy atom. The third-order valence-corrected chi connectivity index (χ3v) is 4.50. The number of hydrogen-bond acceptors (Lipinski definition) is 5. The zero-order chi connectivity index (χ0) is 20.5. The predicted molar refractivity (Wildman–Crippen MR) is 94.1 cm³/mol. The lowest BCUT2D eigenvalue weighted by Crippen LogP contribution is -2.31. The molecule has 0 saturated heterocycles. The van der Waals surface area contributed by atoms with E-state index in [0.717, 1.165) is 6.08 Å². The molecule has 0 radical (unpaired) electrons. The van der Waals surface area contributed by atoms with Gasteiger partial charge in [-0.25, -0.2) is 14.4 Å². The summed E-state index contributed by atoms with van der Waals surface area (Å²) >= 11 is 0. The normalized spacial score (nSPS) is 17.7. The van der Waals surface area contributed by atoms with Crippen LogP contribution in [0.4, 0.5) is 0 Å². The van der Waals surface area contributed by atoms with E-state index >= 15 is 0 Å². The number of fused-ring (bicyclic) bond motifs is 1. The molecular weight excluding hydrogens is 356 g/mol. The highest BCUT2D eigenvalue weighted by Gasteiger charge is 2.39. The van der Waals surface area contributed by atoms with Gasteiger partial charge in [0.1, 0.15) is 5.75 Å². The number of hydrogen-bond donors (Lipinski definition) is 3. The van der Waals surface area contributed by atoms with E-state index in [-0.39, 0.29) is 35.3 Å². The molecule has 8 nitrogen and oxygen atoms in total. The Labute approximate surface area is 154 Å². The molecule has 0 saturated carbocycles. The molecule has 8 heteroatoms. The monoisotopic (exact) mass is 374 g/mol. The molecule has 0 aromatic heterocycles. The van der Waals surface area contributed by atoms with Crippen LogP contribution in [0.5, 0.6) is 5.75 Å².